The normalized spacial score (nSPS) is 14.8. The van der Waals surface area contributed by atoms with E-state index in [4.69, 9.17) is 15.2 Å². The molecule has 0 bridgehead atoms. The van der Waals surface area contributed by atoms with Gasteiger partial charge in [-0.3, -0.25) is 0 Å². The van der Waals surface area contributed by atoms with Crippen LogP contribution in [0.2, 0.25) is 0 Å². The molecular weight excluding hydrogens is 270 g/mol. The lowest BCUT2D eigenvalue weighted by Crippen LogP contribution is -2.28. The fraction of sp³-hybridized carbons (Fsp3) is 0.500. The van der Waals surface area contributed by atoms with Crippen molar-refractivity contribution < 1.29 is 9.47 Å². The average Bonchev–Trinajstić information content (AvgIpc) is 2.25. The maximum absolute atomic E-state index is 5.93. The van der Waals surface area contributed by atoms with Crippen LogP contribution in [0.25, 0.3) is 0 Å². The lowest BCUT2D eigenvalue weighted by Gasteiger charge is -2.22. The second-order valence-corrected chi connectivity index (χ2v) is 4.52. The summed E-state index contributed by atoms with van der Waals surface area (Å²) >= 11 is 3.51. The van der Waals surface area contributed by atoms with E-state index in [1.54, 1.807) is 7.11 Å². The summed E-state index contributed by atoms with van der Waals surface area (Å²) in [4.78, 5) is 0. The predicted molar refractivity (Wildman–Crippen MR) is 68.4 cm³/mol. The van der Waals surface area contributed by atoms with Gasteiger partial charge in [0, 0.05) is 17.6 Å². The first-order chi connectivity index (χ1) is 7.66. The third-order valence-corrected chi connectivity index (χ3v) is 3.00. The maximum atomic E-state index is 5.93. The van der Waals surface area contributed by atoms with Crippen molar-refractivity contribution in [1.29, 1.82) is 0 Å². The minimum Gasteiger partial charge on any atom is -0.382 e. The molecule has 0 saturated heterocycles. The van der Waals surface area contributed by atoms with Crippen molar-refractivity contribution in [3.05, 3.63) is 34.3 Å². The van der Waals surface area contributed by atoms with E-state index in [9.17, 15) is 0 Å². The molecule has 0 aliphatic rings. The molecule has 4 heteroatoms. The van der Waals surface area contributed by atoms with E-state index in [1.165, 1.54) is 0 Å². The van der Waals surface area contributed by atoms with Crippen LogP contribution < -0.4 is 5.73 Å². The highest BCUT2D eigenvalue weighted by Gasteiger charge is 2.18. The number of methoxy groups -OCH3 is 1. The van der Waals surface area contributed by atoms with E-state index in [1.807, 2.05) is 31.2 Å². The summed E-state index contributed by atoms with van der Waals surface area (Å²) < 4.78 is 11.7. The van der Waals surface area contributed by atoms with E-state index in [2.05, 4.69) is 15.9 Å². The first-order valence-corrected chi connectivity index (χ1v) is 6.06. The van der Waals surface area contributed by atoms with Crippen LogP contribution in [0, 0.1) is 0 Å². The molecule has 0 aliphatic heterocycles. The zero-order valence-corrected chi connectivity index (χ0v) is 11.2. The van der Waals surface area contributed by atoms with Gasteiger partial charge in [-0.25, -0.2) is 0 Å². The number of halogens is 1. The largest absolute Gasteiger partial charge is 0.382 e. The SMILES string of the molecule is COCCOC(c1ccccc1Br)C(C)N. The molecule has 0 heterocycles. The molecule has 0 fully saturated rings. The molecule has 1 rings (SSSR count). The van der Waals surface area contributed by atoms with E-state index in [0.29, 0.717) is 13.2 Å². The summed E-state index contributed by atoms with van der Waals surface area (Å²) in [5.74, 6) is 0. The summed E-state index contributed by atoms with van der Waals surface area (Å²) in [7, 11) is 1.66. The minimum absolute atomic E-state index is 0.0597. The third-order valence-electron chi connectivity index (χ3n) is 2.27. The van der Waals surface area contributed by atoms with Gasteiger partial charge in [0.2, 0.25) is 0 Å². The summed E-state index contributed by atoms with van der Waals surface area (Å²) in [6.45, 7) is 3.06. The lowest BCUT2D eigenvalue weighted by atomic mass is 10.0. The molecule has 0 aliphatic carbocycles. The van der Waals surface area contributed by atoms with Gasteiger partial charge in [0.25, 0.3) is 0 Å². The van der Waals surface area contributed by atoms with Crippen molar-refractivity contribution in [2.45, 2.75) is 19.1 Å². The van der Waals surface area contributed by atoms with E-state index >= 15 is 0 Å². The van der Waals surface area contributed by atoms with Crippen molar-refractivity contribution in [2.75, 3.05) is 20.3 Å². The number of hydrogen-bond acceptors (Lipinski definition) is 3. The van der Waals surface area contributed by atoms with Gasteiger partial charge in [-0.15, -0.1) is 0 Å². The fourth-order valence-corrected chi connectivity index (χ4v) is 2.00. The molecule has 0 amide bonds. The first kappa shape index (κ1) is 13.6. The van der Waals surface area contributed by atoms with Gasteiger partial charge in [-0.1, -0.05) is 34.1 Å². The Labute approximate surface area is 105 Å². The molecule has 0 spiro atoms. The lowest BCUT2D eigenvalue weighted by molar-refractivity contribution is 0.00583. The summed E-state index contributed by atoms with van der Waals surface area (Å²) in [6.07, 6.45) is -0.106. The summed E-state index contributed by atoms with van der Waals surface area (Å²) in [6, 6.07) is 7.90. The molecule has 16 heavy (non-hydrogen) atoms. The van der Waals surface area contributed by atoms with Crippen molar-refractivity contribution in [2.24, 2.45) is 5.73 Å². The van der Waals surface area contributed by atoms with Crippen LogP contribution in [0.15, 0.2) is 28.7 Å². The zero-order chi connectivity index (χ0) is 12.0. The Morgan fingerprint density at radius 1 is 1.31 bits per heavy atom. The molecule has 2 atom stereocenters. The van der Waals surface area contributed by atoms with Crippen LogP contribution in [-0.4, -0.2) is 26.4 Å². The number of benzene rings is 1. The molecule has 2 unspecified atom stereocenters. The highest BCUT2D eigenvalue weighted by molar-refractivity contribution is 9.10. The highest BCUT2D eigenvalue weighted by atomic mass is 79.9. The number of ether oxygens (including phenoxy) is 2. The monoisotopic (exact) mass is 287 g/mol. The van der Waals surface area contributed by atoms with Crippen molar-refractivity contribution in [3.8, 4) is 0 Å². The summed E-state index contributed by atoms with van der Waals surface area (Å²) in [5, 5.41) is 0. The fourth-order valence-electron chi connectivity index (χ4n) is 1.49. The van der Waals surface area contributed by atoms with Crippen LogP contribution >= 0.6 is 15.9 Å². The van der Waals surface area contributed by atoms with Crippen LogP contribution in [0.1, 0.15) is 18.6 Å². The Morgan fingerprint density at radius 2 is 2.00 bits per heavy atom. The molecule has 0 aromatic heterocycles. The Balaban J connectivity index is 2.74. The Morgan fingerprint density at radius 3 is 2.56 bits per heavy atom. The second-order valence-electron chi connectivity index (χ2n) is 3.66. The van der Waals surface area contributed by atoms with E-state index in [-0.39, 0.29) is 12.1 Å². The Bertz CT molecular complexity index is 318. The number of hydrogen-bond donors (Lipinski definition) is 1. The van der Waals surface area contributed by atoms with Crippen molar-refractivity contribution in [3.63, 3.8) is 0 Å². The second kappa shape index (κ2) is 7.01. The summed E-state index contributed by atoms with van der Waals surface area (Å²) in [5.41, 5.74) is 7.01. The quantitative estimate of drug-likeness (QED) is 0.818. The zero-order valence-electron chi connectivity index (χ0n) is 9.65. The van der Waals surface area contributed by atoms with Gasteiger partial charge >= 0.3 is 0 Å². The van der Waals surface area contributed by atoms with Crippen LogP contribution in [-0.2, 0) is 9.47 Å². The molecule has 3 nitrogen and oxygen atoms in total. The van der Waals surface area contributed by atoms with Gasteiger partial charge in [0.15, 0.2) is 0 Å². The molecule has 1 aromatic rings. The highest BCUT2D eigenvalue weighted by Crippen LogP contribution is 2.27. The smallest absolute Gasteiger partial charge is 0.0985 e. The van der Waals surface area contributed by atoms with Gasteiger partial charge in [0.05, 0.1) is 19.3 Å². The molecule has 1 aromatic carbocycles. The Hall–Kier alpha value is -0.420. The van der Waals surface area contributed by atoms with E-state index < -0.39 is 0 Å². The van der Waals surface area contributed by atoms with E-state index in [0.717, 1.165) is 10.0 Å². The third kappa shape index (κ3) is 3.87. The number of rotatable bonds is 6. The predicted octanol–water partition coefficient (Wildman–Crippen LogP) is 2.50. The van der Waals surface area contributed by atoms with Crippen LogP contribution in [0.5, 0.6) is 0 Å². The van der Waals surface area contributed by atoms with Crippen molar-refractivity contribution in [1.82, 2.24) is 0 Å². The topological polar surface area (TPSA) is 44.5 Å². The van der Waals surface area contributed by atoms with Crippen LogP contribution in [0.4, 0.5) is 0 Å². The molecule has 0 radical (unpaired) electrons. The molecule has 0 saturated carbocycles. The van der Waals surface area contributed by atoms with Gasteiger partial charge in [0.1, 0.15) is 0 Å². The first-order valence-electron chi connectivity index (χ1n) is 5.27. The maximum Gasteiger partial charge on any atom is 0.0985 e. The molecule has 2 N–H and O–H groups in total. The number of nitrogens with two attached hydrogens (primary N) is 1. The minimum atomic E-state index is -0.106. The van der Waals surface area contributed by atoms with Gasteiger partial charge < -0.3 is 15.2 Å². The standard InChI is InChI=1S/C12H18BrNO2/c1-9(14)12(16-8-7-15-2)10-5-3-4-6-11(10)13/h3-6,9,12H,7-8,14H2,1-2H3. The molecule has 90 valence electrons. The van der Waals surface area contributed by atoms with Gasteiger partial charge in [-0.05, 0) is 18.6 Å². The van der Waals surface area contributed by atoms with Crippen molar-refractivity contribution >= 4 is 15.9 Å². The molecular formula is C12H18BrNO2. The Kier molecular flexibility index (Phi) is 5.98. The van der Waals surface area contributed by atoms with Crippen LogP contribution in [0.3, 0.4) is 0 Å². The van der Waals surface area contributed by atoms with Gasteiger partial charge in [-0.2, -0.15) is 0 Å². The average molecular weight is 288 g/mol.